The van der Waals surface area contributed by atoms with Crippen LogP contribution in [0.1, 0.15) is 20.3 Å². The molecule has 3 nitrogen and oxygen atoms in total. The molecule has 2 unspecified atom stereocenters. The van der Waals surface area contributed by atoms with Gasteiger partial charge in [0.05, 0.1) is 28.8 Å². The fourth-order valence-corrected chi connectivity index (χ4v) is 2.80. The van der Waals surface area contributed by atoms with Gasteiger partial charge < -0.3 is 4.74 Å². The average Bonchev–Trinajstić information content (AvgIpc) is 2.32. The van der Waals surface area contributed by atoms with Crippen LogP contribution in [-0.2, 0) is 20.3 Å². The molecule has 0 radical (unpaired) electrons. The summed E-state index contributed by atoms with van der Waals surface area (Å²) < 4.78 is 29.8. The van der Waals surface area contributed by atoms with Crippen LogP contribution in [0.15, 0.2) is 23.1 Å². The van der Waals surface area contributed by atoms with Crippen LogP contribution in [0.2, 0.25) is 5.02 Å². The van der Waals surface area contributed by atoms with Crippen LogP contribution in [0, 0.1) is 5.82 Å². The Hall–Kier alpha value is -0.940. The molecule has 1 rings (SSSR count). The minimum absolute atomic E-state index is 0.0510. The van der Waals surface area contributed by atoms with Gasteiger partial charge in [0, 0.05) is 10.1 Å². The molecule has 0 amide bonds. The molecule has 0 bridgehead atoms. The van der Waals surface area contributed by atoms with E-state index in [1.54, 1.807) is 13.8 Å². The number of halogens is 2. The topological polar surface area (TPSA) is 43.4 Å². The van der Waals surface area contributed by atoms with E-state index < -0.39 is 27.8 Å². The van der Waals surface area contributed by atoms with Gasteiger partial charge in [-0.25, -0.2) is 4.39 Å². The lowest BCUT2D eigenvalue weighted by Gasteiger charge is -2.11. The number of rotatable bonds is 5. The van der Waals surface area contributed by atoms with Crippen molar-refractivity contribution in [2.45, 2.75) is 30.4 Å². The van der Waals surface area contributed by atoms with E-state index in [9.17, 15) is 13.4 Å². The van der Waals surface area contributed by atoms with E-state index in [1.807, 2.05) is 0 Å². The van der Waals surface area contributed by atoms with Crippen molar-refractivity contribution in [3.05, 3.63) is 29.0 Å². The van der Waals surface area contributed by atoms with Crippen LogP contribution in [0.5, 0.6) is 0 Å². The average molecular weight is 293 g/mol. The maximum atomic E-state index is 13.0. The smallest absolute Gasteiger partial charge is 0.306 e. The van der Waals surface area contributed by atoms with Crippen LogP contribution in [-0.4, -0.2) is 22.0 Å². The number of benzene rings is 1. The predicted octanol–water partition coefficient (Wildman–Crippen LogP) is 2.93. The Kier molecular flexibility index (Phi) is 5.75. The van der Waals surface area contributed by atoms with E-state index >= 15 is 0 Å². The lowest BCUT2D eigenvalue weighted by atomic mass is 10.3. The highest BCUT2D eigenvalue weighted by Crippen LogP contribution is 2.21. The number of carbonyl (C=O) groups is 1. The Morgan fingerprint density at radius 2 is 2.22 bits per heavy atom. The van der Waals surface area contributed by atoms with Crippen molar-refractivity contribution in [2.24, 2.45) is 0 Å². The van der Waals surface area contributed by atoms with Gasteiger partial charge in [-0.3, -0.25) is 9.00 Å². The molecule has 18 heavy (non-hydrogen) atoms. The van der Waals surface area contributed by atoms with Crippen molar-refractivity contribution in [3.8, 4) is 0 Å². The van der Waals surface area contributed by atoms with Gasteiger partial charge in [0.2, 0.25) is 0 Å². The molecular formula is C12H14ClFO3S. The Bertz CT molecular complexity index is 465. The lowest BCUT2D eigenvalue weighted by Crippen LogP contribution is -2.18. The minimum Gasteiger partial charge on any atom is -0.466 e. The standard InChI is InChI=1S/C12H14ClFO3S/c1-3-17-12(15)6-8(2)18(16)9-4-5-11(14)10(13)7-9/h4-5,7-8H,3,6H2,1-2H3. The summed E-state index contributed by atoms with van der Waals surface area (Å²) in [6.07, 6.45) is 0.0510. The highest BCUT2D eigenvalue weighted by Gasteiger charge is 2.18. The molecule has 0 spiro atoms. The molecule has 0 heterocycles. The van der Waals surface area contributed by atoms with E-state index in [4.69, 9.17) is 16.3 Å². The Morgan fingerprint density at radius 3 is 2.78 bits per heavy atom. The van der Waals surface area contributed by atoms with Crippen molar-refractivity contribution in [2.75, 3.05) is 6.61 Å². The fraction of sp³-hybridized carbons (Fsp3) is 0.417. The maximum absolute atomic E-state index is 13.0. The molecule has 0 fully saturated rings. The molecule has 0 saturated carbocycles. The summed E-state index contributed by atoms with van der Waals surface area (Å²) in [4.78, 5) is 11.7. The van der Waals surface area contributed by atoms with E-state index in [-0.39, 0.29) is 11.4 Å². The third kappa shape index (κ3) is 4.07. The second kappa shape index (κ2) is 6.85. The number of carbonyl (C=O) groups excluding carboxylic acids is 1. The van der Waals surface area contributed by atoms with Crippen LogP contribution in [0.3, 0.4) is 0 Å². The lowest BCUT2D eigenvalue weighted by molar-refractivity contribution is -0.143. The molecule has 0 saturated heterocycles. The maximum Gasteiger partial charge on any atom is 0.306 e. The van der Waals surface area contributed by atoms with E-state index in [0.717, 1.165) is 6.07 Å². The SMILES string of the molecule is CCOC(=O)CC(C)S(=O)c1ccc(F)c(Cl)c1. The molecule has 0 aliphatic heterocycles. The Labute approximate surface area is 113 Å². The third-order valence-electron chi connectivity index (χ3n) is 2.25. The summed E-state index contributed by atoms with van der Waals surface area (Å²) in [6.45, 7) is 3.67. The van der Waals surface area contributed by atoms with Crippen molar-refractivity contribution in [1.82, 2.24) is 0 Å². The third-order valence-corrected chi connectivity index (χ3v) is 4.15. The molecule has 0 aliphatic carbocycles. The fourth-order valence-electron chi connectivity index (χ4n) is 1.36. The van der Waals surface area contributed by atoms with Gasteiger partial charge in [-0.2, -0.15) is 0 Å². The predicted molar refractivity (Wildman–Crippen MR) is 68.5 cm³/mol. The van der Waals surface area contributed by atoms with Crippen LogP contribution in [0.4, 0.5) is 4.39 Å². The normalized spacial score (nSPS) is 14.0. The molecule has 0 aromatic heterocycles. The summed E-state index contributed by atoms with van der Waals surface area (Å²) in [7, 11) is -1.42. The van der Waals surface area contributed by atoms with Gasteiger partial charge in [-0.05, 0) is 32.0 Å². The van der Waals surface area contributed by atoms with Crippen LogP contribution >= 0.6 is 11.6 Å². The zero-order chi connectivity index (χ0) is 13.7. The zero-order valence-corrected chi connectivity index (χ0v) is 11.7. The number of ether oxygens (including phenoxy) is 1. The highest BCUT2D eigenvalue weighted by atomic mass is 35.5. The zero-order valence-electron chi connectivity index (χ0n) is 10.1. The van der Waals surface area contributed by atoms with E-state index in [1.165, 1.54) is 12.1 Å². The molecule has 100 valence electrons. The first-order valence-corrected chi connectivity index (χ1v) is 7.06. The van der Waals surface area contributed by atoms with Crippen molar-refractivity contribution < 1.29 is 18.1 Å². The number of hydrogen-bond acceptors (Lipinski definition) is 3. The van der Waals surface area contributed by atoms with Gasteiger partial charge in [0.1, 0.15) is 5.82 Å². The summed E-state index contributed by atoms with van der Waals surface area (Å²) in [5.74, 6) is -0.956. The first-order valence-electron chi connectivity index (χ1n) is 5.47. The Morgan fingerprint density at radius 1 is 1.56 bits per heavy atom. The quantitative estimate of drug-likeness (QED) is 0.784. The summed E-state index contributed by atoms with van der Waals surface area (Å²) in [6, 6.07) is 3.88. The van der Waals surface area contributed by atoms with Gasteiger partial charge >= 0.3 is 5.97 Å². The van der Waals surface area contributed by atoms with Crippen LogP contribution < -0.4 is 0 Å². The van der Waals surface area contributed by atoms with Gasteiger partial charge in [0.15, 0.2) is 0 Å². The molecule has 1 aromatic rings. The summed E-state index contributed by atoms with van der Waals surface area (Å²) in [5, 5.41) is -0.491. The highest BCUT2D eigenvalue weighted by molar-refractivity contribution is 7.85. The first-order chi connectivity index (χ1) is 8.45. The second-order valence-electron chi connectivity index (χ2n) is 3.69. The van der Waals surface area contributed by atoms with Gasteiger partial charge in [-0.15, -0.1) is 0 Å². The molecule has 1 aromatic carbocycles. The van der Waals surface area contributed by atoms with E-state index in [0.29, 0.717) is 11.5 Å². The van der Waals surface area contributed by atoms with Gasteiger partial charge in [0.25, 0.3) is 0 Å². The van der Waals surface area contributed by atoms with Gasteiger partial charge in [-0.1, -0.05) is 11.6 Å². The largest absolute Gasteiger partial charge is 0.466 e. The van der Waals surface area contributed by atoms with Crippen LogP contribution in [0.25, 0.3) is 0 Å². The monoisotopic (exact) mass is 292 g/mol. The minimum atomic E-state index is -1.42. The van der Waals surface area contributed by atoms with Crippen molar-refractivity contribution in [3.63, 3.8) is 0 Å². The first kappa shape index (κ1) is 15.1. The number of esters is 1. The molecule has 0 N–H and O–H groups in total. The molecular weight excluding hydrogens is 279 g/mol. The molecule has 6 heteroatoms. The summed E-state index contributed by atoms with van der Waals surface area (Å²) in [5.41, 5.74) is 0. The number of hydrogen-bond donors (Lipinski definition) is 0. The molecule has 0 aliphatic rings. The molecule has 2 atom stereocenters. The second-order valence-corrected chi connectivity index (χ2v) is 5.97. The Balaban J connectivity index is 2.74. The van der Waals surface area contributed by atoms with Crippen molar-refractivity contribution >= 4 is 28.4 Å². The van der Waals surface area contributed by atoms with E-state index in [2.05, 4.69) is 0 Å². The summed E-state index contributed by atoms with van der Waals surface area (Å²) >= 11 is 5.62. The van der Waals surface area contributed by atoms with Crippen molar-refractivity contribution in [1.29, 1.82) is 0 Å².